The highest BCUT2D eigenvalue weighted by atomic mass is 16.5. The first-order valence-corrected chi connectivity index (χ1v) is 8.23. The van der Waals surface area contributed by atoms with Gasteiger partial charge in [0, 0.05) is 18.8 Å². The van der Waals surface area contributed by atoms with Gasteiger partial charge in [0.05, 0.1) is 12.7 Å². The minimum atomic E-state index is -0.454. The smallest absolute Gasteiger partial charge is 0.255 e. The van der Waals surface area contributed by atoms with Crippen LogP contribution in [0.25, 0.3) is 0 Å². The lowest BCUT2D eigenvalue weighted by molar-refractivity contribution is -0.132. The van der Waals surface area contributed by atoms with Crippen LogP contribution in [-0.4, -0.2) is 37.9 Å². The number of rotatable bonds is 6. The summed E-state index contributed by atoms with van der Waals surface area (Å²) in [6.07, 6.45) is 3.02. The fourth-order valence-electron chi connectivity index (χ4n) is 2.79. The van der Waals surface area contributed by atoms with Crippen molar-refractivity contribution in [1.29, 1.82) is 0 Å². The van der Waals surface area contributed by atoms with Crippen LogP contribution in [0.4, 0.5) is 5.69 Å². The summed E-state index contributed by atoms with van der Waals surface area (Å²) in [6.45, 7) is 7.77. The van der Waals surface area contributed by atoms with Gasteiger partial charge in [0.15, 0.2) is 0 Å². The van der Waals surface area contributed by atoms with Gasteiger partial charge in [-0.1, -0.05) is 18.2 Å². The van der Waals surface area contributed by atoms with E-state index in [1.165, 1.54) is 6.42 Å². The Labute approximate surface area is 133 Å². The van der Waals surface area contributed by atoms with Crippen molar-refractivity contribution in [3.8, 4) is 0 Å². The van der Waals surface area contributed by atoms with Crippen molar-refractivity contribution in [3.05, 3.63) is 29.8 Å². The van der Waals surface area contributed by atoms with Crippen molar-refractivity contribution in [3.63, 3.8) is 0 Å². The van der Waals surface area contributed by atoms with Gasteiger partial charge >= 0.3 is 0 Å². The highest BCUT2D eigenvalue weighted by Crippen LogP contribution is 2.21. The van der Waals surface area contributed by atoms with E-state index in [4.69, 9.17) is 9.47 Å². The van der Waals surface area contributed by atoms with Crippen LogP contribution in [-0.2, 0) is 14.3 Å². The second-order valence-corrected chi connectivity index (χ2v) is 5.83. The molecular formula is C18H27NO3. The van der Waals surface area contributed by atoms with E-state index in [0.717, 1.165) is 30.7 Å². The van der Waals surface area contributed by atoms with Gasteiger partial charge in [0.1, 0.15) is 6.10 Å². The molecule has 0 radical (unpaired) electrons. The summed E-state index contributed by atoms with van der Waals surface area (Å²) in [5, 5.41) is 0. The number of carbonyl (C=O) groups is 1. The van der Waals surface area contributed by atoms with Crippen molar-refractivity contribution < 1.29 is 14.3 Å². The largest absolute Gasteiger partial charge is 0.376 e. The second-order valence-electron chi connectivity index (χ2n) is 5.83. The molecule has 122 valence electrons. The normalized spacial score (nSPS) is 19.7. The SMILES string of the molecule is CCN(C(=O)C(C)OCC1CCCCO1)c1ccccc1C. The number of hydrogen-bond donors (Lipinski definition) is 0. The van der Waals surface area contributed by atoms with Crippen molar-refractivity contribution in [1.82, 2.24) is 0 Å². The maximum absolute atomic E-state index is 12.7. The molecule has 1 amide bonds. The van der Waals surface area contributed by atoms with Gasteiger partial charge in [-0.15, -0.1) is 0 Å². The van der Waals surface area contributed by atoms with Crippen molar-refractivity contribution in [2.75, 3.05) is 24.7 Å². The fraction of sp³-hybridized carbons (Fsp3) is 0.611. The number of para-hydroxylation sites is 1. The van der Waals surface area contributed by atoms with E-state index in [1.54, 1.807) is 4.90 Å². The topological polar surface area (TPSA) is 38.8 Å². The zero-order chi connectivity index (χ0) is 15.9. The number of amides is 1. The van der Waals surface area contributed by atoms with Gasteiger partial charge in [0.2, 0.25) is 0 Å². The standard InChI is InChI=1S/C18H27NO3/c1-4-19(17-11-6-5-9-14(17)2)18(20)15(3)22-13-16-10-7-8-12-21-16/h5-6,9,11,15-16H,4,7-8,10,12-13H2,1-3H3. The van der Waals surface area contributed by atoms with Gasteiger partial charge in [-0.05, 0) is 51.7 Å². The number of ether oxygens (including phenoxy) is 2. The quantitative estimate of drug-likeness (QED) is 0.809. The van der Waals surface area contributed by atoms with Crippen LogP contribution >= 0.6 is 0 Å². The number of benzene rings is 1. The molecule has 0 aromatic heterocycles. The molecule has 1 heterocycles. The van der Waals surface area contributed by atoms with Gasteiger partial charge in [-0.3, -0.25) is 4.79 Å². The molecule has 1 fully saturated rings. The van der Waals surface area contributed by atoms with Crippen LogP contribution in [0.15, 0.2) is 24.3 Å². The first-order chi connectivity index (χ1) is 10.6. The van der Waals surface area contributed by atoms with E-state index < -0.39 is 6.10 Å². The van der Waals surface area contributed by atoms with Crippen molar-refractivity contribution in [2.24, 2.45) is 0 Å². The first-order valence-electron chi connectivity index (χ1n) is 8.23. The Bertz CT molecular complexity index is 483. The van der Waals surface area contributed by atoms with E-state index in [-0.39, 0.29) is 12.0 Å². The minimum absolute atomic E-state index is 0.00705. The Morgan fingerprint density at radius 2 is 2.18 bits per heavy atom. The van der Waals surface area contributed by atoms with E-state index >= 15 is 0 Å². The molecule has 0 N–H and O–H groups in total. The molecule has 1 saturated heterocycles. The molecule has 0 spiro atoms. The number of hydrogen-bond acceptors (Lipinski definition) is 3. The predicted octanol–water partition coefficient (Wildman–Crippen LogP) is 3.32. The zero-order valence-corrected chi connectivity index (χ0v) is 13.9. The molecule has 2 rings (SSSR count). The molecule has 0 bridgehead atoms. The molecule has 0 aliphatic carbocycles. The van der Waals surface area contributed by atoms with E-state index in [9.17, 15) is 4.79 Å². The fourth-order valence-corrected chi connectivity index (χ4v) is 2.79. The van der Waals surface area contributed by atoms with E-state index in [2.05, 4.69) is 0 Å². The molecule has 4 nitrogen and oxygen atoms in total. The van der Waals surface area contributed by atoms with Crippen LogP contribution < -0.4 is 4.90 Å². The van der Waals surface area contributed by atoms with Gasteiger partial charge in [0.25, 0.3) is 5.91 Å². The molecule has 2 atom stereocenters. The molecule has 1 aromatic carbocycles. The van der Waals surface area contributed by atoms with Crippen molar-refractivity contribution in [2.45, 2.75) is 52.2 Å². The maximum Gasteiger partial charge on any atom is 0.255 e. The number of aryl methyl sites for hydroxylation is 1. The maximum atomic E-state index is 12.7. The average Bonchev–Trinajstić information content (AvgIpc) is 2.55. The molecule has 2 unspecified atom stereocenters. The molecular weight excluding hydrogens is 278 g/mol. The minimum Gasteiger partial charge on any atom is -0.376 e. The summed E-state index contributed by atoms with van der Waals surface area (Å²) in [7, 11) is 0. The molecule has 1 aliphatic rings. The summed E-state index contributed by atoms with van der Waals surface area (Å²) in [6, 6.07) is 7.94. The summed E-state index contributed by atoms with van der Waals surface area (Å²) >= 11 is 0. The monoisotopic (exact) mass is 305 g/mol. The lowest BCUT2D eigenvalue weighted by Crippen LogP contribution is -2.40. The zero-order valence-electron chi connectivity index (χ0n) is 13.9. The van der Waals surface area contributed by atoms with Gasteiger partial charge in [-0.2, -0.15) is 0 Å². The summed E-state index contributed by atoms with van der Waals surface area (Å²) in [4.78, 5) is 14.5. The number of anilines is 1. The molecule has 4 heteroatoms. The summed E-state index contributed by atoms with van der Waals surface area (Å²) in [5.74, 6) is 0.00705. The third-order valence-corrected chi connectivity index (χ3v) is 4.14. The Balaban J connectivity index is 1.94. The highest BCUT2D eigenvalue weighted by molar-refractivity contribution is 5.96. The van der Waals surface area contributed by atoms with Crippen LogP contribution in [0, 0.1) is 6.92 Å². The number of carbonyl (C=O) groups excluding carboxylic acids is 1. The number of likely N-dealkylation sites (N-methyl/N-ethyl adjacent to an activating group) is 1. The Kier molecular flexibility index (Phi) is 6.40. The Morgan fingerprint density at radius 1 is 1.41 bits per heavy atom. The number of nitrogens with zero attached hydrogens (tertiary/aromatic N) is 1. The van der Waals surface area contributed by atoms with Crippen LogP contribution in [0.3, 0.4) is 0 Å². The van der Waals surface area contributed by atoms with E-state index in [1.807, 2.05) is 45.0 Å². The summed E-state index contributed by atoms with van der Waals surface area (Å²) < 4.78 is 11.4. The van der Waals surface area contributed by atoms with Crippen LogP contribution in [0.2, 0.25) is 0 Å². The molecule has 1 aromatic rings. The van der Waals surface area contributed by atoms with E-state index in [0.29, 0.717) is 13.2 Å². The van der Waals surface area contributed by atoms with Gasteiger partial charge < -0.3 is 14.4 Å². The van der Waals surface area contributed by atoms with Crippen LogP contribution in [0.5, 0.6) is 0 Å². The highest BCUT2D eigenvalue weighted by Gasteiger charge is 2.24. The summed E-state index contributed by atoms with van der Waals surface area (Å²) in [5.41, 5.74) is 2.06. The van der Waals surface area contributed by atoms with Crippen molar-refractivity contribution >= 4 is 11.6 Å². The Hall–Kier alpha value is -1.39. The molecule has 0 saturated carbocycles. The van der Waals surface area contributed by atoms with Gasteiger partial charge in [-0.25, -0.2) is 0 Å². The second kappa shape index (κ2) is 8.30. The molecule has 1 aliphatic heterocycles. The predicted molar refractivity (Wildman–Crippen MR) is 88.2 cm³/mol. The Morgan fingerprint density at radius 3 is 2.82 bits per heavy atom. The lowest BCUT2D eigenvalue weighted by atomic mass is 10.1. The lowest BCUT2D eigenvalue weighted by Gasteiger charge is -2.28. The average molecular weight is 305 g/mol. The van der Waals surface area contributed by atoms with Crippen LogP contribution in [0.1, 0.15) is 38.7 Å². The first kappa shape index (κ1) is 17.0. The molecule has 22 heavy (non-hydrogen) atoms. The third-order valence-electron chi connectivity index (χ3n) is 4.14. The third kappa shape index (κ3) is 4.31.